The molecule has 6 heteroatoms. The van der Waals surface area contributed by atoms with Gasteiger partial charge >= 0.3 is 0 Å². The number of hydrogen-bond donors (Lipinski definition) is 2. The molecule has 1 aliphatic rings. The van der Waals surface area contributed by atoms with Gasteiger partial charge in [-0.15, -0.1) is 11.3 Å². The first-order chi connectivity index (χ1) is 9.22. The maximum atomic E-state index is 12.0. The topological polar surface area (TPSA) is 72.9 Å². The minimum Gasteiger partial charge on any atom is -0.382 e. The van der Waals surface area contributed by atoms with Crippen molar-refractivity contribution in [2.24, 2.45) is 0 Å². The van der Waals surface area contributed by atoms with Crippen LogP contribution in [0.3, 0.4) is 0 Å². The number of thiophene rings is 1. The van der Waals surface area contributed by atoms with Gasteiger partial charge in [-0.2, -0.15) is 5.10 Å². The zero-order chi connectivity index (χ0) is 13.2. The van der Waals surface area contributed by atoms with Crippen molar-refractivity contribution in [1.29, 1.82) is 0 Å². The molecular weight excluding hydrogens is 260 g/mol. The molecule has 1 aliphatic carbocycles. The van der Waals surface area contributed by atoms with E-state index in [2.05, 4.69) is 21.9 Å². The van der Waals surface area contributed by atoms with E-state index in [0.717, 1.165) is 19.3 Å². The number of nitrogen functional groups attached to an aromatic ring is 1. The summed E-state index contributed by atoms with van der Waals surface area (Å²) in [6, 6.07) is 3.95. The largest absolute Gasteiger partial charge is 0.382 e. The predicted octanol–water partition coefficient (Wildman–Crippen LogP) is 1.72. The summed E-state index contributed by atoms with van der Waals surface area (Å²) < 4.78 is 1.56. The highest BCUT2D eigenvalue weighted by molar-refractivity contribution is 7.10. The fourth-order valence-corrected chi connectivity index (χ4v) is 3.48. The molecule has 0 saturated heterocycles. The highest BCUT2D eigenvalue weighted by atomic mass is 32.1. The average Bonchev–Trinajstić information content (AvgIpc) is 2.98. The number of hydrogen-bond acceptors (Lipinski definition) is 4. The first kappa shape index (κ1) is 12.2. The highest BCUT2D eigenvalue weighted by Gasteiger charge is 2.22. The number of fused-ring (bicyclic) bond motifs is 1. The second kappa shape index (κ2) is 5.05. The van der Waals surface area contributed by atoms with Crippen molar-refractivity contribution in [3.63, 3.8) is 0 Å². The molecule has 1 amide bonds. The molecule has 3 rings (SSSR count). The Balaban J connectivity index is 1.65. The molecule has 2 aromatic heterocycles. The standard InChI is InChI=1S/C13H16N4OS/c14-12-4-6-17(16-12)8-13(18)15-10-2-1-3-11-9(10)5-7-19-11/h4-7,10H,1-3,8H2,(H2,14,16)(H,15,18). The van der Waals surface area contributed by atoms with Crippen LogP contribution in [0, 0.1) is 0 Å². The third kappa shape index (κ3) is 2.63. The Labute approximate surface area is 115 Å². The first-order valence-electron chi connectivity index (χ1n) is 6.37. The summed E-state index contributed by atoms with van der Waals surface area (Å²) in [6.45, 7) is 0.215. The van der Waals surface area contributed by atoms with E-state index >= 15 is 0 Å². The van der Waals surface area contributed by atoms with Crippen molar-refractivity contribution in [3.05, 3.63) is 34.2 Å². The average molecular weight is 276 g/mol. The summed E-state index contributed by atoms with van der Waals surface area (Å²) in [5.74, 6) is 0.415. The Morgan fingerprint density at radius 2 is 2.47 bits per heavy atom. The van der Waals surface area contributed by atoms with Crippen LogP contribution in [0.5, 0.6) is 0 Å². The Hall–Kier alpha value is -1.82. The summed E-state index contributed by atoms with van der Waals surface area (Å²) in [7, 11) is 0. The Morgan fingerprint density at radius 1 is 1.58 bits per heavy atom. The molecule has 0 fully saturated rings. The Kier molecular flexibility index (Phi) is 3.25. The van der Waals surface area contributed by atoms with Gasteiger partial charge in [0, 0.05) is 11.1 Å². The lowest BCUT2D eigenvalue weighted by atomic mass is 9.94. The molecule has 100 valence electrons. The number of anilines is 1. The van der Waals surface area contributed by atoms with Gasteiger partial charge < -0.3 is 11.1 Å². The van der Waals surface area contributed by atoms with Gasteiger partial charge in [-0.05, 0) is 42.3 Å². The number of amides is 1. The third-order valence-corrected chi connectivity index (χ3v) is 4.35. The second-order valence-electron chi connectivity index (χ2n) is 4.75. The molecule has 0 saturated carbocycles. The molecular formula is C13H16N4OS. The summed E-state index contributed by atoms with van der Waals surface area (Å²) in [5.41, 5.74) is 6.81. The van der Waals surface area contributed by atoms with E-state index in [4.69, 9.17) is 5.73 Å². The molecule has 0 bridgehead atoms. The number of aryl methyl sites for hydroxylation is 1. The lowest BCUT2D eigenvalue weighted by Crippen LogP contribution is -2.33. The van der Waals surface area contributed by atoms with E-state index in [9.17, 15) is 4.79 Å². The molecule has 0 radical (unpaired) electrons. The predicted molar refractivity (Wildman–Crippen MR) is 74.8 cm³/mol. The molecule has 3 N–H and O–H groups in total. The van der Waals surface area contributed by atoms with Crippen molar-refractivity contribution in [2.45, 2.75) is 31.8 Å². The van der Waals surface area contributed by atoms with Gasteiger partial charge in [0.05, 0.1) is 6.04 Å². The highest BCUT2D eigenvalue weighted by Crippen LogP contribution is 2.33. The quantitative estimate of drug-likeness (QED) is 0.896. The number of carbonyl (C=O) groups is 1. The van der Waals surface area contributed by atoms with Crippen LogP contribution in [0.2, 0.25) is 0 Å². The van der Waals surface area contributed by atoms with Crippen molar-refractivity contribution in [3.8, 4) is 0 Å². The summed E-state index contributed by atoms with van der Waals surface area (Å²) >= 11 is 1.78. The number of aromatic nitrogens is 2. The maximum Gasteiger partial charge on any atom is 0.242 e. The van der Waals surface area contributed by atoms with E-state index in [0.29, 0.717) is 5.82 Å². The third-order valence-electron chi connectivity index (χ3n) is 3.35. The maximum absolute atomic E-state index is 12.0. The lowest BCUT2D eigenvalue weighted by molar-refractivity contribution is -0.122. The molecule has 1 atom stereocenters. The number of carbonyl (C=O) groups excluding carboxylic acids is 1. The number of nitrogens with one attached hydrogen (secondary N) is 1. The van der Waals surface area contributed by atoms with Gasteiger partial charge in [0.2, 0.25) is 5.91 Å². The number of nitrogens with two attached hydrogens (primary N) is 1. The zero-order valence-corrected chi connectivity index (χ0v) is 11.3. The van der Waals surface area contributed by atoms with E-state index in [1.165, 1.54) is 10.4 Å². The normalized spacial score (nSPS) is 18.0. The minimum atomic E-state index is -0.0212. The van der Waals surface area contributed by atoms with Crippen LogP contribution in [0.4, 0.5) is 5.82 Å². The van der Waals surface area contributed by atoms with Gasteiger partial charge in [-0.1, -0.05) is 0 Å². The van der Waals surface area contributed by atoms with Crippen molar-refractivity contribution in [2.75, 3.05) is 5.73 Å². The van der Waals surface area contributed by atoms with Gasteiger partial charge in [-0.25, -0.2) is 0 Å². The minimum absolute atomic E-state index is 0.0212. The van der Waals surface area contributed by atoms with Crippen LogP contribution in [0.15, 0.2) is 23.7 Å². The van der Waals surface area contributed by atoms with E-state index < -0.39 is 0 Å². The van der Waals surface area contributed by atoms with Crippen molar-refractivity contribution < 1.29 is 4.79 Å². The summed E-state index contributed by atoms with van der Waals surface area (Å²) in [4.78, 5) is 13.4. The van der Waals surface area contributed by atoms with Gasteiger partial charge in [-0.3, -0.25) is 9.48 Å². The number of nitrogens with zero attached hydrogens (tertiary/aromatic N) is 2. The monoisotopic (exact) mass is 276 g/mol. The van der Waals surface area contributed by atoms with Crippen LogP contribution in [-0.2, 0) is 17.8 Å². The molecule has 2 heterocycles. The second-order valence-corrected chi connectivity index (χ2v) is 5.75. The van der Waals surface area contributed by atoms with Crippen LogP contribution >= 0.6 is 11.3 Å². The number of rotatable bonds is 3. The van der Waals surface area contributed by atoms with Crippen molar-refractivity contribution >= 4 is 23.1 Å². The van der Waals surface area contributed by atoms with Crippen LogP contribution in [-0.4, -0.2) is 15.7 Å². The Morgan fingerprint density at radius 3 is 3.26 bits per heavy atom. The van der Waals surface area contributed by atoms with Crippen LogP contribution < -0.4 is 11.1 Å². The van der Waals surface area contributed by atoms with E-state index in [-0.39, 0.29) is 18.5 Å². The molecule has 1 unspecified atom stereocenters. The molecule has 2 aromatic rings. The summed E-state index contributed by atoms with van der Waals surface area (Å²) in [6.07, 6.45) is 4.99. The SMILES string of the molecule is Nc1ccn(CC(=O)NC2CCCc3sccc32)n1. The van der Waals surface area contributed by atoms with Crippen LogP contribution in [0.25, 0.3) is 0 Å². The van der Waals surface area contributed by atoms with Gasteiger partial charge in [0.1, 0.15) is 12.4 Å². The zero-order valence-electron chi connectivity index (χ0n) is 10.5. The smallest absolute Gasteiger partial charge is 0.242 e. The summed E-state index contributed by atoms with van der Waals surface area (Å²) in [5, 5.41) is 9.20. The molecule has 0 spiro atoms. The van der Waals surface area contributed by atoms with Gasteiger partial charge in [0.15, 0.2) is 0 Å². The lowest BCUT2D eigenvalue weighted by Gasteiger charge is -2.23. The molecule has 19 heavy (non-hydrogen) atoms. The fourth-order valence-electron chi connectivity index (χ4n) is 2.49. The van der Waals surface area contributed by atoms with Crippen LogP contribution in [0.1, 0.15) is 29.3 Å². The van der Waals surface area contributed by atoms with E-state index in [1.54, 1.807) is 28.3 Å². The Bertz CT molecular complexity index is 589. The first-order valence-corrected chi connectivity index (χ1v) is 7.25. The van der Waals surface area contributed by atoms with E-state index in [1.807, 2.05) is 0 Å². The molecule has 0 aromatic carbocycles. The molecule has 0 aliphatic heterocycles. The molecule has 5 nitrogen and oxygen atoms in total. The van der Waals surface area contributed by atoms with Crippen molar-refractivity contribution in [1.82, 2.24) is 15.1 Å². The van der Waals surface area contributed by atoms with Gasteiger partial charge in [0.25, 0.3) is 0 Å². The fraction of sp³-hybridized carbons (Fsp3) is 0.385.